The number of halogens is 1. The van der Waals surface area contributed by atoms with E-state index in [1.807, 2.05) is 26.0 Å². The van der Waals surface area contributed by atoms with Gasteiger partial charge in [0, 0.05) is 11.3 Å². The summed E-state index contributed by atoms with van der Waals surface area (Å²) >= 11 is 3.27. The topological polar surface area (TPSA) is 43.1 Å². The third-order valence-corrected chi connectivity index (χ3v) is 2.56. The summed E-state index contributed by atoms with van der Waals surface area (Å²) in [5.74, 6) is 0.0918. The Morgan fingerprint density at radius 2 is 2.21 bits per heavy atom. The van der Waals surface area contributed by atoms with Crippen molar-refractivity contribution in [2.24, 2.45) is 0 Å². The molecule has 0 aliphatic carbocycles. The molecule has 0 amide bonds. The number of ketones is 1. The van der Waals surface area contributed by atoms with Gasteiger partial charge in [0.25, 0.3) is 0 Å². The van der Waals surface area contributed by atoms with E-state index >= 15 is 0 Å². The van der Waals surface area contributed by atoms with Gasteiger partial charge in [0.15, 0.2) is 5.78 Å². The second kappa shape index (κ2) is 4.60. The lowest BCUT2D eigenvalue weighted by molar-refractivity contribution is 0.0995. The number of rotatable bonds is 3. The fraction of sp³-hybridized carbons (Fsp3) is 0.364. The van der Waals surface area contributed by atoms with E-state index < -0.39 is 0 Å². The summed E-state index contributed by atoms with van der Waals surface area (Å²) in [5, 5.41) is 0. The van der Waals surface area contributed by atoms with Gasteiger partial charge in [-0.15, -0.1) is 0 Å². The summed E-state index contributed by atoms with van der Waals surface area (Å²) < 4.78 is 0. The zero-order valence-electron chi connectivity index (χ0n) is 8.38. The molecule has 2 N–H and O–H groups in total. The quantitative estimate of drug-likeness (QED) is 0.513. The summed E-state index contributed by atoms with van der Waals surface area (Å²) in [7, 11) is 0. The van der Waals surface area contributed by atoms with Gasteiger partial charge in [0.1, 0.15) is 0 Å². The number of nitrogens with two attached hydrogens (primary N) is 1. The number of nitrogen functional groups attached to an aromatic ring is 1. The van der Waals surface area contributed by atoms with Gasteiger partial charge in [-0.2, -0.15) is 0 Å². The first kappa shape index (κ1) is 11.2. The van der Waals surface area contributed by atoms with E-state index in [-0.39, 0.29) is 10.6 Å². The minimum atomic E-state index is -0.158. The van der Waals surface area contributed by atoms with Crippen molar-refractivity contribution < 1.29 is 4.79 Å². The maximum Gasteiger partial charge on any atom is 0.176 e. The Morgan fingerprint density at radius 1 is 1.57 bits per heavy atom. The molecule has 1 rings (SSSR count). The fourth-order valence-corrected chi connectivity index (χ4v) is 1.59. The van der Waals surface area contributed by atoms with E-state index in [2.05, 4.69) is 15.9 Å². The third-order valence-electron chi connectivity index (χ3n) is 2.14. The highest BCUT2D eigenvalue weighted by Crippen LogP contribution is 2.18. The van der Waals surface area contributed by atoms with Crippen LogP contribution in [0.1, 0.15) is 29.8 Å². The molecular formula is C11H14BrNO. The number of carbonyl (C=O) groups is 1. The van der Waals surface area contributed by atoms with Crippen LogP contribution in [0.25, 0.3) is 0 Å². The van der Waals surface area contributed by atoms with Gasteiger partial charge < -0.3 is 5.73 Å². The first-order chi connectivity index (χ1) is 6.56. The lowest BCUT2D eigenvalue weighted by atomic mass is 9.99. The zero-order valence-corrected chi connectivity index (χ0v) is 9.97. The Labute approximate surface area is 92.6 Å². The van der Waals surface area contributed by atoms with Crippen molar-refractivity contribution in [2.75, 3.05) is 5.73 Å². The first-order valence-electron chi connectivity index (χ1n) is 4.63. The molecular weight excluding hydrogens is 242 g/mol. The number of Topliss-reactive ketones (excluding diaryl/α,β-unsaturated/α-hetero) is 1. The van der Waals surface area contributed by atoms with E-state index in [1.165, 1.54) is 0 Å². The molecule has 1 aromatic carbocycles. The molecule has 1 aromatic rings. The highest BCUT2D eigenvalue weighted by atomic mass is 79.9. The number of carbonyl (C=O) groups excluding carboxylic acids is 1. The van der Waals surface area contributed by atoms with Gasteiger partial charge in [0.2, 0.25) is 0 Å². The molecule has 0 bridgehead atoms. The molecule has 0 spiro atoms. The van der Waals surface area contributed by atoms with E-state index in [0.717, 1.165) is 17.5 Å². The summed E-state index contributed by atoms with van der Waals surface area (Å²) in [6, 6.07) is 5.49. The standard InChI is InChI=1S/C11H14BrNO/c1-3-8-4-5-9(13)6-10(8)11(14)7(2)12/h4-7H,3,13H2,1-2H3. The van der Waals surface area contributed by atoms with Gasteiger partial charge in [-0.3, -0.25) is 4.79 Å². The maximum atomic E-state index is 11.8. The van der Waals surface area contributed by atoms with Crippen LogP contribution in [-0.4, -0.2) is 10.6 Å². The SMILES string of the molecule is CCc1ccc(N)cc1C(=O)C(C)Br. The molecule has 1 unspecified atom stereocenters. The first-order valence-corrected chi connectivity index (χ1v) is 5.54. The lowest BCUT2D eigenvalue weighted by Gasteiger charge is -2.09. The molecule has 1 atom stereocenters. The summed E-state index contributed by atoms with van der Waals surface area (Å²) in [5.41, 5.74) is 8.07. The molecule has 2 nitrogen and oxygen atoms in total. The molecule has 14 heavy (non-hydrogen) atoms. The Balaban J connectivity index is 3.17. The molecule has 0 aromatic heterocycles. The third kappa shape index (κ3) is 2.35. The number of alkyl halides is 1. The van der Waals surface area contributed by atoms with E-state index in [0.29, 0.717) is 5.69 Å². The predicted molar refractivity (Wildman–Crippen MR) is 63.0 cm³/mol. The lowest BCUT2D eigenvalue weighted by Crippen LogP contribution is -2.12. The summed E-state index contributed by atoms with van der Waals surface area (Å²) in [4.78, 5) is 11.6. The highest BCUT2D eigenvalue weighted by molar-refractivity contribution is 9.10. The average molecular weight is 256 g/mol. The number of anilines is 1. The van der Waals surface area contributed by atoms with Crippen LogP contribution in [0.5, 0.6) is 0 Å². The average Bonchev–Trinajstić information content (AvgIpc) is 2.16. The van der Waals surface area contributed by atoms with Crippen molar-refractivity contribution in [3.05, 3.63) is 29.3 Å². The van der Waals surface area contributed by atoms with Crippen molar-refractivity contribution in [1.29, 1.82) is 0 Å². The van der Waals surface area contributed by atoms with E-state index in [4.69, 9.17) is 5.73 Å². The molecule has 0 saturated carbocycles. The van der Waals surface area contributed by atoms with Crippen LogP contribution >= 0.6 is 15.9 Å². The second-order valence-corrected chi connectivity index (χ2v) is 4.62. The van der Waals surface area contributed by atoms with Crippen molar-refractivity contribution in [3.63, 3.8) is 0 Å². The Bertz CT molecular complexity index is 347. The summed E-state index contributed by atoms with van der Waals surface area (Å²) in [6.45, 7) is 3.85. The predicted octanol–water partition coefficient (Wildman–Crippen LogP) is 2.80. The second-order valence-electron chi connectivity index (χ2n) is 3.25. The number of hydrogen-bond donors (Lipinski definition) is 1. The van der Waals surface area contributed by atoms with Gasteiger partial charge in [-0.1, -0.05) is 28.9 Å². The van der Waals surface area contributed by atoms with Crippen LogP contribution in [0.4, 0.5) is 5.69 Å². The largest absolute Gasteiger partial charge is 0.399 e. The van der Waals surface area contributed by atoms with Gasteiger partial charge >= 0.3 is 0 Å². The maximum absolute atomic E-state index is 11.8. The number of aryl methyl sites for hydroxylation is 1. The highest BCUT2D eigenvalue weighted by Gasteiger charge is 2.15. The zero-order chi connectivity index (χ0) is 10.7. The van der Waals surface area contributed by atoms with Crippen LogP contribution in [-0.2, 0) is 6.42 Å². The van der Waals surface area contributed by atoms with Crippen LogP contribution in [0, 0.1) is 0 Å². The molecule has 3 heteroatoms. The minimum Gasteiger partial charge on any atom is -0.399 e. The van der Waals surface area contributed by atoms with E-state index in [1.54, 1.807) is 6.07 Å². The number of hydrogen-bond acceptors (Lipinski definition) is 2. The monoisotopic (exact) mass is 255 g/mol. The molecule has 0 fully saturated rings. The molecule has 0 aliphatic heterocycles. The van der Waals surface area contributed by atoms with Crippen LogP contribution in [0.2, 0.25) is 0 Å². The molecule has 0 radical (unpaired) electrons. The van der Waals surface area contributed by atoms with Gasteiger partial charge in [0.05, 0.1) is 4.83 Å². The van der Waals surface area contributed by atoms with Crippen LogP contribution in [0.15, 0.2) is 18.2 Å². The summed E-state index contributed by atoms with van der Waals surface area (Å²) in [6.07, 6.45) is 0.848. The van der Waals surface area contributed by atoms with Crippen molar-refractivity contribution >= 4 is 27.4 Å². The smallest absolute Gasteiger partial charge is 0.176 e. The Kier molecular flexibility index (Phi) is 3.69. The number of benzene rings is 1. The molecule has 0 aliphatic rings. The van der Waals surface area contributed by atoms with Gasteiger partial charge in [-0.05, 0) is 31.0 Å². The van der Waals surface area contributed by atoms with E-state index in [9.17, 15) is 4.79 Å². The van der Waals surface area contributed by atoms with Crippen molar-refractivity contribution in [2.45, 2.75) is 25.1 Å². The fourth-order valence-electron chi connectivity index (χ4n) is 1.35. The molecule has 0 heterocycles. The minimum absolute atomic E-state index is 0.0918. The molecule has 0 saturated heterocycles. The Hall–Kier alpha value is -0.830. The van der Waals surface area contributed by atoms with Crippen molar-refractivity contribution in [3.8, 4) is 0 Å². The molecule has 76 valence electrons. The van der Waals surface area contributed by atoms with Crippen molar-refractivity contribution in [1.82, 2.24) is 0 Å². The van der Waals surface area contributed by atoms with Crippen LogP contribution < -0.4 is 5.73 Å². The Morgan fingerprint density at radius 3 is 2.71 bits per heavy atom. The van der Waals surface area contributed by atoms with Gasteiger partial charge in [-0.25, -0.2) is 0 Å². The normalized spacial score (nSPS) is 12.5. The van der Waals surface area contributed by atoms with Crippen LogP contribution in [0.3, 0.4) is 0 Å².